The number of pyridine rings is 1. The molecule has 0 amide bonds. The van der Waals surface area contributed by atoms with Crippen molar-refractivity contribution in [3.05, 3.63) is 35.0 Å². The second kappa shape index (κ2) is 3.99. The van der Waals surface area contributed by atoms with E-state index < -0.39 is 0 Å². The smallest absolute Gasteiger partial charge is 0.141 e. The van der Waals surface area contributed by atoms with E-state index in [9.17, 15) is 0 Å². The van der Waals surface area contributed by atoms with E-state index in [1.165, 1.54) is 29.7 Å². The third kappa shape index (κ3) is 1.66. The summed E-state index contributed by atoms with van der Waals surface area (Å²) in [5, 5.41) is 4.05. The molecule has 1 aliphatic carbocycles. The first-order valence-electron chi connectivity index (χ1n) is 6.17. The van der Waals surface area contributed by atoms with Gasteiger partial charge < -0.3 is 4.52 Å². The zero-order valence-electron chi connectivity index (χ0n) is 10.3. The minimum Gasteiger partial charge on any atom is -0.361 e. The zero-order chi connectivity index (χ0) is 11.8. The first kappa shape index (κ1) is 10.5. The highest BCUT2D eigenvalue weighted by atomic mass is 16.5. The Hall–Kier alpha value is -1.64. The summed E-state index contributed by atoms with van der Waals surface area (Å²) in [7, 11) is 0. The first-order valence-corrected chi connectivity index (χ1v) is 6.17. The van der Waals surface area contributed by atoms with Crippen LogP contribution in [0, 0.1) is 13.8 Å². The van der Waals surface area contributed by atoms with Crippen LogP contribution in [0.4, 0.5) is 0 Å². The summed E-state index contributed by atoms with van der Waals surface area (Å²) in [6, 6.07) is 2.09. The highest BCUT2D eigenvalue weighted by molar-refractivity contribution is 5.71. The summed E-state index contributed by atoms with van der Waals surface area (Å²) in [5.74, 6) is 0.904. The van der Waals surface area contributed by atoms with Gasteiger partial charge in [0, 0.05) is 17.5 Å². The number of rotatable bonds is 1. The van der Waals surface area contributed by atoms with E-state index in [1.807, 2.05) is 20.0 Å². The van der Waals surface area contributed by atoms with Crippen molar-refractivity contribution in [1.29, 1.82) is 0 Å². The fourth-order valence-electron chi connectivity index (χ4n) is 2.73. The molecule has 0 aliphatic heterocycles. The highest BCUT2D eigenvalue weighted by Gasteiger charge is 2.19. The van der Waals surface area contributed by atoms with Gasteiger partial charge in [-0.2, -0.15) is 0 Å². The van der Waals surface area contributed by atoms with E-state index in [0.717, 1.165) is 29.9 Å². The number of hydrogen-bond acceptors (Lipinski definition) is 3. The largest absolute Gasteiger partial charge is 0.361 e. The molecule has 3 rings (SSSR count). The predicted octanol–water partition coefficient (Wildman–Crippen LogP) is 3.23. The predicted molar refractivity (Wildman–Crippen MR) is 65.9 cm³/mol. The van der Waals surface area contributed by atoms with Gasteiger partial charge in [0.25, 0.3) is 0 Å². The molecule has 3 nitrogen and oxygen atoms in total. The van der Waals surface area contributed by atoms with Crippen molar-refractivity contribution in [2.24, 2.45) is 0 Å². The molecular weight excluding hydrogens is 212 g/mol. The van der Waals surface area contributed by atoms with E-state index in [1.54, 1.807) is 0 Å². The Labute approximate surface area is 101 Å². The van der Waals surface area contributed by atoms with E-state index in [4.69, 9.17) is 4.52 Å². The van der Waals surface area contributed by atoms with E-state index in [-0.39, 0.29) is 0 Å². The van der Waals surface area contributed by atoms with Crippen molar-refractivity contribution in [3.63, 3.8) is 0 Å². The average Bonchev–Trinajstić information content (AvgIpc) is 2.69. The summed E-state index contributed by atoms with van der Waals surface area (Å²) >= 11 is 0. The number of aryl methyl sites for hydroxylation is 3. The standard InChI is InChI=1S/C14H16N2O/c1-9-14(10(2)17-16-9)12-7-8-15-13-6-4-3-5-11(12)13/h7-8H,3-6H2,1-2H3. The monoisotopic (exact) mass is 228 g/mol. The number of nitrogens with zero attached hydrogens (tertiary/aromatic N) is 2. The van der Waals surface area contributed by atoms with Crippen molar-refractivity contribution >= 4 is 0 Å². The van der Waals surface area contributed by atoms with Crippen LogP contribution in [0.25, 0.3) is 11.1 Å². The molecule has 1 aliphatic rings. The lowest BCUT2D eigenvalue weighted by Crippen LogP contribution is -2.07. The van der Waals surface area contributed by atoms with Gasteiger partial charge in [-0.25, -0.2) is 0 Å². The fourth-order valence-corrected chi connectivity index (χ4v) is 2.73. The van der Waals surface area contributed by atoms with Gasteiger partial charge in [0.1, 0.15) is 5.76 Å². The van der Waals surface area contributed by atoms with Gasteiger partial charge in [-0.1, -0.05) is 5.16 Å². The molecule has 88 valence electrons. The van der Waals surface area contributed by atoms with Crippen LogP contribution in [-0.4, -0.2) is 10.1 Å². The van der Waals surface area contributed by atoms with Gasteiger partial charge in [0.05, 0.1) is 5.69 Å². The van der Waals surface area contributed by atoms with Crippen LogP contribution >= 0.6 is 0 Å². The number of aromatic nitrogens is 2. The molecule has 2 aromatic heterocycles. The Kier molecular flexibility index (Phi) is 2.46. The number of fused-ring (bicyclic) bond motifs is 1. The van der Waals surface area contributed by atoms with E-state index in [2.05, 4.69) is 16.2 Å². The zero-order valence-corrected chi connectivity index (χ0v) is 10.3. The van der Waals surface area contributed by atoms with Gasteiger partial charge in [-0.15, -0.1) is 0 Å². The van der Waals surface area contributed by atoms with Crippen LogP contribution in [0.5, 0.6) is 0 Å². The maximum absolute atomic E-state index is 5.27. The van der Waals surface area contributed by atoms with Crippen molar-refractivity contribution in [2.75, 3.05) is 0 Å². The van der Waals surface area contributed by atoms with Crippen molar-refractivity contribution in [2.45, 2.75) is 39.5 Å². The van der Waals surface area contributed by atoms with Gasteiger partial charge in [0.15, 0.2) is 0 Å². The second-order valence-electron chi connectivity index (χ2n) is 4.69. The van der Waals surface area contributed by atoms with Crippen LogP contribution in [-0.2, 0) is 12.8 Å². The Balaban J connectivity index is 2.21. The van der Waals surface area contributed by atoms with Crippen LogP contribution in [0.2, 0.25) is 0 Å². The van der Waals surface area contributed by atoms with Gasteiger partial charge in [-0.05, 0) is 56.7 Å². The van der Waals surface area contributed by atoms with Crippen LogP contribution < -0.4 is 0 Å². The quantitative estimate of drug-likeness (QED) is 0.752. The lowest BCUT2D eigenvalue weighted by Gasteiger charge is -2.18. The Morgan fingerprint density at radius 3 is 2.76 bits per heavy atom. The summed E-state index contributed by atoms with van der Waals surface area (Å²) in [6.07, 6.45) is 6.65. The average molecular weight is 228 g/mol. The SMILES string of the molecule is Cc1noc(C)c1-c1ccnc2c1CCCC2. The van der Waals surface area contributed by atoms with Crippen molar-refractivity contribution in [1.82, 2.24) is 10.1 Å². The molecule has 17 heavy (non-hydrogen) atoms. The lowest BCUT2D eigenvalue weighted by atomic mass is 9.89. The molecule has 0 bridgehead atoms. The first-order chi connectivity index (χ1) is 8.27. The minimum absolute atomic E-state index is 0.904. The molecular formula is C14H16N2O. The second-order valence-corrected chi connectivity index (χ2v) is 4.69. The summed E-state index contributed by atoms with van der Waals surface area (Å²) < 4.78 is 5.27. The highest BCUT2D eigenvalue weighted by Crippen LogP contribution is 2.33. The molecule has 0 atom stereocenters. The third-order valence-electron chi connectivity index (χ3n) is 3.54. The number of hydrogen-bond donors (Lipinski definition) is 0. The van der Waals surface area contributed by atoms with Gasteiger partial charge >= 0.3 is 0 Å². The Bertz CT molecular complexity index is 538. The third-order valence-corrected chi connectivity index (χ3v) is 3.54. The molecule has 3 heteroatoms. The van der Waals surface area contributed by atoms with Gasteiger partial charge in [0.2, 0.25) is 0 Å². The summed E-state index contributed by atoms with van der Waals surface area (Å²) in [6.45, 7) is 3.98. The molecule has 0 radical (unpaired) electrons. The maximum atomic E-state index is 5.27. The molecule has 0 N–H and O–H groups in total. The van der Waals surface area contributed by atoms with Gasteiger partial charge in [-0.3, -0.25) is 4.98 Å². The molecule has 0 unspecified atom stereocenters. The molecule has 0 saturated heterocycles. The normalized spacial score (nSPS) is 14.7. The van der Waals surface area contributed by atoms with E-state index >= 15 is 0 Å². The molecule has 0 fully saturated rings. The van der Waals surface area contributed by atoms with Crippen LogP contribution in [0.3, 0.4) is 0 Å². The minimum atomic E-state index is 0.904. The van der Waals surface area contributed by atoms with Crippen molar-refractivity contribution in [3.8, 4) is 11.1 Å². The molecule has 2 aromatic rings. The van der Waals surface area contributed by atoms with Crippen LogP contribution in [0.1, 0.15) is 35.6 Å². The van der Waals surface area contributed by atoms with Crippen LogP contribution in [0.15, 0.2) is 16.8 Å². The summed E-state index contributed by atoms with van der Waals surface area (Å²) in [5.41, 5.74) is 6.06. The lowest BCUT2D eigenvalue weighted by molar-refractivity contribution is 0.393. The van der Waals surface area contributed by atoms with E-state index in [0.29, 0.717) is 0 Å². The molecule has 0 saturated carbocycles. The van der Waals surface area contributed by atoms with Crippen molar-refractivity contribution < 1.29 is 4.52 Å². The Morgan fingerprint density at radius 1 is 1.18 bits per heavy atom. The molecule has 0 aromatic carbocycles. The Morgan fingerprint density at radius 2 is 2.00 bits per heavy atom. The molecule has 2 heterocycles. The summed E-state index contributed by atoms with van der Waals surface area (Å²) in [4.78, 5) is 4.50. The topological polar surface area (TPSA) is 38.9 Å². The maximum Gasteiger partial charge on any atom is 0.141 e. The molecule has 0 spiro atoms. The fraction of sp³-hybridized carbons (Fsp3) is 0.429.